The van der Waals surface area contributed by atoms with E-state index in [2.05, 4.69) is 12.2 Å². The van der Waals surface area contributed by atoms with Gasteiger partial charge in [0.1, 0.15) is 0 Å². The molecule has 0 aromatic heterocycles. The molecule has 1 N–H and O–H groups in total. The highest BCUT2D eigenvalue weighted by molar-refractivity contribution is 5.85. The molecule has 1 aliphatic carbocycles. The highest BCUT2D eigenvalue weighted by Crippen LogP contribution is 2.49. The predicted molar refractivity (Wildman–Crippen MR) is 83.1 cm³/mol. The molecule has 22 heavy (non-hydrogen) atoms. The molecule has 2 aliphatic rings. The Hall–Kier alpha value is -1.20. The van der Waals surface area contributed by atoms with Crippen molar-refractivity contribution in [1.82, 2.24) is 10.2 Å². The molecule has 3 rings (SSSR count). The minimum atomic E-state index is -0.841. The normalized spacial score (nSPS) is 30.6. The minimum Gasteiger partial charge on any atom is -0.337 e. The van der Waals surface area contributed by atoms with Crippen LogP contribution in [0.1, 0.15) is 31.7 Å². The molecule has 1 saturated carbocycles. The summed E-state index contributed by atoms with van der Waals surface area (Å²) in [5.74, 6) is -1.58. The van der Waals surface area contributed by atoms with Gasteiger partial charge in [0.25, 0.3) is 0 Å². The third-order valence-electron chi connectivity index (χ3n) is 4.80. The summed E-state index contributed by atoms with van der Waals surface area (Å²) in [6, 6.07) is 4.39. The molecule has 1 heterocycles. The van der Waals surface area contributed by atoms with Crippen molar-refractivity contribution in [2.75, 3.05) is 13.1 Å². The Morgan fingerprint density at radius 3 is 2.68 bits per heavy atom. The molecule has 1 aromatic rings. The van der Waals surface area contributed by atoms with Crippen LogP contribution in [0.4, 0.5) is 8.78 Å². The zero-order valence-electron chi connectivity index (χ0n) is 12.7. The van der Waals surface area contributed by atoms with Crippen LogP contribution in [-0.2, 0) is 4.79 Å². The van der Waals surface area contributed by atoms with Crippen LogP contribution in [-0.4, -0.2) is 36.0 Å². The Morgan fingerprint density at radius 2 is 2.00 bits per heavy atom. The van der Waals surface area contributed by atoms with Gasteiger partial charge < -0.3 is 10.2 Å². The van der Waals surface area contributed by atoms with Crippen LogP contribution in [0.2, 0.25) is 0 Å². The molecule has 0 bridgehead atoms. The van der Waals surface area contributed by atoms with E-state index in [9.17, 15) is 13.6 Å². The van der Waals surface area contributed by atoms with Gasteiger partial charge in [0.2, 0.25) is 5.91 Å². The van der Waals surface area contributed by atoms with E-state index in [0.717, 1.165) is 24.6 Å². The highest BCUT2D eigenvalue weighted by atomic mass is 35.5. The lowest BCUT2D eigenvalue weighted by Gasteiger charge is -2.38. The maximum absolute atomic E-state index is 13.3. The molecule has 2 fully saturated rings. The number of carbonyl (C=O) groups is 1. The number of carbonyl (C=O) groups excluding carboxylic acids is 1. The zero-order valence-corrected chi connectivity index (χ0v) is 13.5. The second-order valence-electron chi connectivity index (χ2n) is 6.14. The number of rotatable bonds is 2. The van der Waals surface area contributed by atoms with Crippen molar-refractivity contribution in [3.63, 3.8) is 0 Å². The first-order valence-corrected chi connectivity index (χ1v) is 7.48. The number of piperazine rings is 1. The number of nitrogens with zero attached hydrogens (tertiary/aromatic N) is 1. The summed E-state index contributed by atoms with van der Waals surface area (Å²) in [6.45, 7) is 5.64. The third kappa shape index (κ3) is 3.10. The third-order valence-corrected chi connectivity index (χ3v) is 4.80. The number of hydrogen-bond donors (Lipinski definition) is 1. The summed E-state index contributed by atoms with van der Waals surface area (Å²) in [5, 5.41) is 3.35. The summed E-state index contributed by atoms with van der Waals surface area (Å²) >= 11 is 0. The Bertz CT molecular complexity index is 569. The van der Waals surface area contributed by atoms with Crippen LogP contribution in [0.5, 0.6) is 0 Å². The van der Waals surface area contributed by atoms with Crippen LogP contribution in [0.25, 0.3) is 0 Å². The second kappa shape index (κ2) is 6.50. The van der Waals surface area contributed by atoms with Gasteiger partial charge in [-0.25, -0.2) is 8.78 Å². The molecule has 1 aliphatic heterocycles. The van der Waals surface area contributed by atoms with E-state index < -0.39 is 11.6 Å². The largest absolute Gasteiger partial charge is 0.337 e. The molecule has 1 amide bonds. The van der Waals surface area contributed by atoms with Crippen molar-refractivity contribution < 1.29 is 13.6 Å². The molecule has 4 unspecified atom stereocenters. The molecule has 4 atom stereocenters. The fourth-order valence-corrected chi connectivity index (χ4v) is 3.16. The second-order valence-corrected chi connectivity index (χ2v) is 6.14. The van der Waals surface area contributed by atoms with Crippen molar-refractivity contribution in [1.29, 1.82) is 0 Å². The Morgan fingerprint density at radius 1 is 1.27 bits per heavy atom. The van der Waals surface area contributed by atoms with E-state index in [0.29, 0.717) is 6.54 Å². The topological polar surface area (TPSA) is 32.3 Å². The lowest BCUT2D eigenvalue weighted by Crippen LogP contribution is -2.57. The highest BCUT2D eigenvalue weighted by Gasteiger charge is 2.47. The maximum atomic E-state index is 13.3. The lowest BCUT2D eigenvalue weighted by atomic mass is 10.0. The standard InChI is InChI=1S/C16H20F2N2O.ClH/c1-9-10(2)20(6-5-19-9)16(21)13-8-12(13)11-3-4-14(17)15(18)7-11;/h3-4,7,9-10,12-13,19H,5-6,8H2,1-2H3;1H. The van der Waals surface area contributed by atoms with E-state index in [1.807, 2.05) is 11.8 Å². The monoisotopic (exact) mass is 330 g/mol. The Balaban J connectivity index is 0.00000176. The van der Waals surface area contributed by atoms with Gasteiger partial charge in [-0.15, -0.1) is 12.4 Å². The number of hydrogen-bond acceptors (Lipinski definition) is 2. The van der Waals surface area contributed by atoms with Gasteiger partial charge in [-0.2, -0.15) is 0 Å². The van der Waals surface area contributed by atoms with Crippen LogP contribution < -0.4 is 5.32 Å². The van der Waals surface area contributed by atoms with Gasteiger partial charge in [-0.05, 0) is 43.9 Å². The van der Waals surface area contributed by atoms with Gasteiger partial charge in [-0.1, -0.05) is 6.07 Å². The molecule has 6 heteroatoms. The van der Waals surface area contributed by atoms with Crippen LogP contribution in [0, 0.1) is 17.6 Å². The molecular weight excluding hydrogens is 310 g/mol. The van der Waals surface area contributed by atoms with Crippen LogP contribution in [0.15, 0.2) is 18.2 Å². The van der Waals surface area contributed by atoms with Gasteiger partial charge in [-0.3, -0.25) is 4.79 Å². The van der Waals surface area contributed by atoms with Crippen molar-refractivity contribution in [2.24, 2.45) is 5.92 Å². The number of nitrogens with one attached hydrogen (secondary N) is 1. The SMILES string of the molecule is CC1NCCN(C(=O)C2CC2c2ccc(F)c(F)c2)C1C.Cl. The van der Waals surface area contributed by atoms with E-state index in [1.54, 1.807) is 6.07 Å². The summed E-state index contributed by atoms with van der Waals surface area (Å²) in [7, 11) is 0. The molecule has 0 spiro atoms. The first-order valence-electron chi connectivity index (χ1n) is 7.48. The fourth-order valence-electron chi connectivity index (χ4n) is 3.16. The number of halogens is 3. The average Bonchev–Trinajstić information content (AvgIpc) is 3.24. The number of benzene rings is 1. The maximum Gasteiger partial charge on any atom is 0.226 e. The molecule has 3 nitrogen and oxygen atoms in total. The van der Waals surface area contributed by atoms with Gasteiger partial charge in [0.15, 0.2) is 11.6 Å². The van der Waals surface area contributed by atoms with E-state index in [1.165, 1.54) is 6.07 Å². The quantitative estimate of drug-likeness (QED) is 0.904. The Labute approximate surface area is 135 Å². The van der Waals surface area contributed by atoms with Crippen LogP contribution in [0.3, 0.4) is 0 Å². The fraction of sp³-hybridized carbons (Fsp3) is 0.562. The first kappa shape index (κ1) is 17.2. The van der Waals surface area contributed by atoms with Crippen molar-refractivity contribution in [3.8, 4) is 0 Å². The molecule has 1 saturated heterocycles. The molecule has 122 valence electrons. The summed E-state index contributed by atoms with van der Waals surface area (Å²) in [6.07, 6.45) is 0.731. The van der Waals surface area contributed by atoms with Gasteiger partial charge in [0, 0.05) is 31.1 Å². The van der Waals surface area contributed by atoms with E-state index in [-0.39, 0.29) is 42.2 Å². The van der Waals surface area contributed by atoms with E-state index in [4.69, 9.17) is 0 Å². The van der Waals surface area contributed by atoms with E-state index >= 15 is 0 Å². The smallest absolute Gasteiger partial charge is 0.226 e. The summed E-state index contributed by atoms with van der Waals surface area (Å²) in [5.41, 5.74) is 0.725. The summed E-state index contributed by atoms with van der Waals surface area (Å²) in [4.78, 5) is 14.5. The van der Waals surface area contributed by atoms with Crippen molar-refractivity contribution >= 4 is 18.3 Å². The number of amides is 1. The Kier molecular flexibility index (Phi) is 5.07. The first-order chi connectivity index (χ1) is 9.99. The zero-order chi connectivity index (χ0) is 15.1. The molecule has 0 radical (unpaired) electrons. The van der Waals surface area contributed by atoms with Crippen molar-refractivity contribution in [3.05, 3.63) is 35.4 Å². The molecule has 1 aromatic carbocycles. The van der Waals surface area contributed by atoms with Gasteiger partial charge >= 0.3 is 0 Å². The van der Waals surface area contributed by atoms with Gasteiger partial charge in [0.05, 0.1) is 0 Å². The van der Waals surface area contributed by atoms with Crippen LogP contribution >= 0.6 is 12.4 Å². The minimum absolute atomic E-state index is 0. The predicted octanol–water partition coefficient (Wildman–Crippen LogP) is 2.70. The van der Waals surface area contributed by atoms with Crippen molar-refractivity contribution in [2.45, 2.75) is 38.3 Å². The molecular formula is C16H21ClF2N2O. The lowest BCUT2D eigenvalue weighted by molar-refractivity contribution is -0.136. The average molecular weight is 331 g/mol. The summed E-state index contributed by atoms with van der Waals surface area (Å²) < 4.78 is 26.3.